The third-order valence-electron chi connectivity index (χ3n) is 2.14. The van der Waals surface area contributed by atoms with E-state index in [1.807, 2.05) is 18.2 Å². The van der Waals surface area contributed by atoms with Crippen LogP contribution in [0.25, 0.3) is 0 Å². The van der Waals surface area contributed by atoms with Crippen molar-refractivity contribution in [1.82, 2.24) is 9.97 Å². The number of methoxy groups -OCH3 is 1. The second-order valence-electron chi connectivity index (χ2n) is 3.26. The van der Waals surface area contributed by atoms with E-state index < -0.39 is 0 Å². The van der Waals surface area contributed by atoms with Crippen LogP contribution in [0.4, 0.5) is 17.3 Å². The van der Waals surface area contributed by atoms with Crippen molar-refractivity contribution in [3.8, 4) is 5.75 Å². The number of rotatable bonds is 3. The van der Waals surface area contributed by atoms with Crippen molar-refractivity contribution in [3.63, 3.8) is 0 Å². The Bertz CT molecular complexity index is 533. The Labute approximate surface area is 107 Å². The fourth-order valence-electron chi connectivity index (χ4n) is 1.35. The lowest BCUT2D eigenvalue weighted by atomic mass is 10.3. The summed E-state index contributed by atoms with van der Waals surface area (Å²) >= 11 is 3.39. The van der Waals surface area contributed by atoms with Crippen LogP contribution in [0.15, 0.2) is 35.1 Å². The Morgan fingerprint density at radius 3 is 2.76 bits per heavy atom. The maximum atomic E-state index is 5.71. The van der Waals surface area contributed by atoms with Crippen molar-refractivity contribution in [2.24, 2.45) is 0 Å². The van der Waals surface area contributed by atoms with Gasteiger partial charge in [-0.15, -0.1) is 0 Å². The third-order valence-corrected chi connectivity index (χ3v) is 2.63. The summed E-state index contributed by atoms with van der Waals surface area (Å²) in [5, 5.41) is 3.08. The van der Waals surface area contributed by atoms with E-state index in [1.54, 1.807) is 19.5 Å². The Morgan fingerprint density at radius 2 is 2.06 bits per heavy atom. The molecule has 0 bridgehead atoms. The molecule has 0 atom stereocenters. The number of halogens is 1. The molecule has 0 aliphatic heterocycles. The Morgan fingerprint density at radius 1 is 1.29 bits per heavy atom. The average Bonchev–Trinajstić information content (AvgIpc) is 2.32. The number of nitrogens with zero attached hydrogens (tertiary/aromatic N) is 2. The summed E-state index contributed by atoms with van der Waals surface area (Å²) in [7, 11) is 1.61. The Kier molecular flexibility index (Phi) is 3.43. The largest absolute Gasteiger partial charge is 0.495 e. The standard InChI is InChI=1S/C11H11BrN4O/c1-17-9-3-2-7(12)6-8(9)16-11-10(13)14-4-5-15-11/h2-6H,1H3,(H2,13,14)(H,15,16). The van der Waals surface area contributed by atoms with Crippen LogP contribution in [-0.4, -0.2) is 17.1 Å². The van der Waals surface area contributed by atoms with Crippen LogP contribution in [0.2, 0.25) is 0 Å². The van der Waals surface area contributed by atoms with Gasteiger partial charge in [-0.2, -0.15) is 0 Å². The van der Waals surface area contributed by atoms with Crippen LogP contribution < -0.4 is 15.8 Å². The van der Waals surface area contributed by atoms with Crippen molar-refractivity contribution in [2.75, 3.05) is 18.2 Å². The molecule has 2 rings (SSSR count). The smallest absolute Gasteiger partial charge is 0.173 e. The van der Waals surface area contributed by atoms with Crippen LogP contribution in [0, 0.1) is 0 Å². The second kappa shape index (κ2) is 5.01. The molecule has 0 unspecified atom stereocenters. The molecule has 5 nitrogen and oxygen atoms in total. The quantitative estimate of drug-likeness (QED) is 0.910. The van der Waals surface area contributed by atoms with Gasteiger partial charge in [-0.3, -0.25) is 0 Å². The van der Waals surface area contributed by atoms with Crippen molar-refractivity contribution in [1.29, 1.82) is 0 Å². The van der Waals surface area contributed by atoms with Crippen molar-refractivity contribution in [3.05, 3.63) is 35.1 Å². The van der Waals surface area contributed by atoms with Crippen LogP contribution in [-0.2, 0) is 0 Å². The number of nitrogen functional groups attached to an aromatic ring is 1. The molecule has 0 saturated heterocycles. The molecule has 0 saturated carbocycles. The zero-order chi connectivity index (χ0) is 12.3. The average molecular weight is 295 g/mol. The fourth-order valence-corrected chi connectivity index (χ4v) is 1.71. The molecule has 1 aromatic heterocycles. The first-order valence-corrected chi connectivity index (χ1v) is 5.67. The van der Waals surface area contributed by atoms with Gasteiger partial charge >= 0.3 is 0 Å². The first-order valence-electron chi connectivity index (χ1n) is 4.88. The number of anilines is 3. The first-order chi connectivity index (χ1) is 8.20. The fraction of sp³-hybridized carbons (Fsp3) is 0.0909. The van der Waals surface area contributed by atoms with Crippen molar-refractivity contribution >= 4 is 33.3 Å². The van der Waals surface area contributed by atoms with E-state index in [4.69, 9.17) is 10.5 Å². The first kappa shape index (κ1) is 11.7. The van der Waals surface area contributed by atoms with E-state index >= 15 is 0 Å². The zero-order valence-electron chi connectivity index (χ0n) is 9.14. The summed E-state index contributed by atoms with van der Waals surface area (Å²) < 4.78 is 6.17. The van der Waals surface area contributed by atoms with E-state index in [9.17, 15) is 0 Å². The van der Waals surface area contributed by atoms with Gasteiger partial charge < -0.3 is 15.8 Å². The maximum Gasteiger partial charge on any atom is 0.173 e. The molecule has 1 heterocycles. The number of aromatic nitrogens is 2. The molecule has 2 aromatic rings. The predicted molar refractivity (Wildman–Crippen MR) is 70.4 cm³/mol. The van der Waals surface area contributed by atoms with Gasteiger partial charge in [0.1, 0.15) is 5.75 Å². The van der Waals surface area contributed by atoms with Crippen LogP contribution in [0.1, 0.15) is 0 Å². The third kappa shape index (κ3) is 2.65. The minimum Gasteiger partial charge on any atom is -0.495 e. The highest BCUT2D eigenvalue weighted by Gasteiger charge is 2.07. The van der Waals surface area contributed by atoms with E-state index in [-0.39, 0.29) is 0 Å². The maximum absolute atomic E-state index is 5.71. The zero-order valence-corrected chi connectivity index (χ0v) is 10.7. The number of nitrogens with one attached hydrogen (secondary N) is 1. The molecule has 0 amide bonds. The van der Waals surface area contributed by atoms with Crippen LogP contribution in [0.5, 0.6) is 5.75 Å². The van der Waals surface area contributed by atoms with Gasteiger partial charge in [-0.05, 0) is 18.2 Å². The Hall–Kier alpha value is -1.82. The second-order valence-corrected chi connectivity index (χ2v) is 4.18. The van der Waals surface area contributed by atoms with E-state index in [1.165, 1.54) is 0 Å². The highest BCUT2D eigenvalue weighted by atomic mass is 79.9. The normalized spacial score (nSPS) is 10.0. The Balaban J connectivity index is 2.35. The summed E-state index contributed by atoms with van der Waals surface area (Å²) in [5.41, 5.74) is 6.48. The number of hydrogen-bond acceptors (Lipinski definition) is 5. The van der Waals surface area contributed by atoms with Gasteiger partial charge in [-0.1, -0.05) is 15.9 Å². The van der Waals surface area contributed by atoms with Crippen LogP contribution in [0.3, 0.4) is 0 Å². The number of benzene rings is 1. The van der Waals surface area contributed by atoms with Gasteiger partial charge in [0.05, 0.1) is 12.8 Å². The van der Waals surface area contributed by atoms with Crippen LogP contribution >= 0.6 is 15.9 Å². The minimum absolute atomic E-state index is 0.342. The van der Waals surface area contributed by atoms with E-state index in [0.717, 1.165) is 10.2 Å². The number of ether oxygens (including phenoxy) is 1. The van der Waals surface area contributed by atoms with Gasteiger partial charge in [-0.25, -0.2) is 9.97 Å². The molecule has 3 N–H and O–H groups in total. The number of nitrogens with two attached hydrogens (primary N) is 1. The summed E-state index contributed by atoms with van der Waals surface area (Å²) in [4.78, 5) is 8.06. The lowest BCUT2D eigenvalue weighted by Crippen LogP contribution is -2.02. The van der Waals surface area contributed by atoms with Gasteiger partial charge in [0.2, 0.25) is 0 Å². The molecule has 88 valence electrons. The summed E-state index contributed by atoms with van der Waals surface area (Å²) in [6.45, 7) is 0. The lowest BCUT2D eigenvalue weighted by molar-refractivity contribution is 0.416. The van der Waals surface area contributed by atoms with Gasteiger partial charge in [0.25, 0.3) is 0 Å². The monoisotopic (exact) mass is 294 g/mol. The molecule has 0 aliphatic carbocycles. The van der Waals surface area contributed by atoms with Crippen molar-refractivity contribution in [2.45, 2.75) is 0 Å². The summed E-state index contributed by atoms with van der Waals surface area (Å²) in [6.07, 6.45) is 3.11. The molecular weight excluding hydrogens is 284 g/mol. The predicted octanol–water partition coefficient (Wildman–Crippen LogP) is 2.57. The van der Waals surface area contributed by atoms with Gasteiger partial charge in [0, 0.05) is 16.9 Å². The minimum atomic E-state index is 0.342. The van der Waals surface area contributed by atoms with Crippen molar-refractivity contribution < 1.29 is 4.74 Å². The van der Waals surface area contributed by atoms with E-state index in [0.29, 0.717) is 17.4 Å². The molecule has 17 heavy (non-hydrogen) atoms. The lowest BCUT2D eigenvalue weighted by Gasteiger charge is -2.11. The molecular formula is C11H11BrN4O. The highest BCUT2D eigenvalue weighted by Crippen LogP contribution is 2.30. The topological polar surface area (TPSA) is 73.1 Å². The van der Waals surface area contributed by atoms with Gasteiger partial charge in [0.15, 0.2) is 11.6 Å². The molecule has 1 aromatic carbocycles. The number of hydrogen-bond donors (Lipinski definition) is 2. The molecule has 0 spiro atoms. The summed E-state index contributed by atoms with van der Waals surface area (Å²) in [5.74, 6) is 1.55. The highest BCUT2D eigenvalue weighted by molar-refractivity contribution is 9.10. The molecule has 0 fully saturated rings. The molecule has 6 heteroatoms. The molecule has 0 aliphatic rings. The SMILES string of the molecule is COc1ccc(Br)cc1Nc1nccnc1N. The van der Waals surface area contributed by atoms with E-state index in [2.05, 4.69) is 31.2 Å². The molecule has 0 radical (unpaired) electrons. The summed E-state index contributed by atoms with van der Waals surface area (Å²) in [6, 6.07) is 5.62.